The number of aryl methyl sites for hydroxylation is 1. The molecule has 0 saturated carbocycles. The van der Waals surface area contributed by atoms with E-state index in [1.807, 2.05) is 0 Å². The fourth-order valence-electron chi connectivity index (χ4n) is 2.24. The van der Waals surface area contributed by atoms with Gasteiger partial charge in [-0.15, -0.1) is 24.5 Å². The Balaban J connectivity index is 2.03. The van der Waals surface area contributed by atoms with E-state index in [0.717, 1.165) is 17.8 Å². The largest absolute Gasteiger partial charge is 0.573 e. The molecule has 3 rings (SSSR count). The Hall–Kier alpha value is -1.89. The zero-order valence-corrected chi connectivity index (χ0v) is 11.6. The van der Waals surface area contributed by atoms with E-state index in [2.05, 4.69) is 9.72 Å². The minimum atomic E-state index is -4.76. The van der Waals surface area contributed by atoms with E-state index >= 15 is 0 Å². The molecule has 0 aliphatic heterocycles. The van der Waals surface area contributed by atoms with Gasteiger partial charge in [0.1, 0.15) is 10.8 Å². The van der Waals surface area contributed by atoms with E-state index in [1.54, 1.807) is 6.07 Å². The molecule has 1 aliphatic rings. The number of nitrogens with zero attached hydrogens (tertiary/aromatic N) is 1. The zero-order chi connectivity index (χ0) is 15.0. The highest BCUT2D eigenvalue weighted by Gasteiger charge is 2.33. The summed E-state index contributed by atoms with van der Waals surface area (Å²) < 4.78 is 41.3. The number of aromatic nitrogens is 1. The fourth-order valence-corrected chi connectivity index (χ4v) is 3.35. The van der Waals surface area contributed by atoms with Crippen molar-refractivity contribution in [1.82, 2.24) is 4.98 Å². The number of ether oxygens (including phenoxy) is 1. The highest BCUT2D eigenvalue weighted by molar-refractivity contribution is 7.17. The van der Waals surface area contributed by atoms with Gasteiger partial charge in [0.15, 0.2) is 5.78 Å². The van der Waals surface area contributed by atoms with Crippen LogP contribution in [0.5, 0.6) is 5.75 Å². The van der Waals surface area contributed by atoms with Crippen LogP contribution in [0, 0.1) is 0 Å². The van der Waals surface area contributed by atoms with Crippen molar-refractivity contribution in [2.45, 2.75) is 25.6 Å². The molecule has 3 nitrogen and oxygen atoms in total. The lowest BCUT2D eigenvalue weighted by molar-refractivity contribution is -0.274. The van der Waals surface area contributed by atoms with Crippen LogP contribution in [0.4, 0.5) is 13.2 Å². The number of carbonyl (C=O) groups is 1. The Morgan fingerprint density at radius 2 is 1.95 bits per heavy atom. The predicted octanol–water partition coefficient (Wildman–Crippen LogP) is 4.23. The summed E-state index contributed by atoms with van der Waals surface area (Å²) in [5.74, 6) is -0.294. The molecule has 0 bridgehead atoms. The van der Waals surface area contributed by atoms with E-state index in [9.17, 15) is 18.0 Å². The molecular formula is C14H10F3NO2S. The van der Waals surface area contributed by atoms with E-state index in [1.165, 1.54) is 18.2 Å². The van der Waals surface area contributed by atoms with Gasteiger partial charge in [-0.05, 0) is 25.0 Å². The molecule has 0 spiro atoms. The van der Waals surface area contributed by atoms with Crippen LogP contribution in [0.3, 0.4) is 0 Å². The second-order valence-electron chi connectivity index (χ2n) is 4.62. The number of fused-ring (bicyclic) bond motifs is 1. The smallest absolute Gasteiger partial charge is 0.405 e. The van der Waals surface area contributed by atoms with E-state index in [-0.39, 0.29) is 17.1 Å². The first-order chi connectivity index (χ1) is 9.94. The number of Topliss-reactive ketones (excluding diaryl/α,β-unsaturated/α-hetero) is 1. The number of rotatable bonds is 2. The summed E-state index contributed by atoms with van der Waals surface area (Å²) in [7, 11) is 0. The van der Waals surface area contributed by atoms with Crippen molar-refractivity contribution in [3.63, 3.8) is 0 Å². The SMILES string of the molecule is O=C1CCCc2nc(-c3ccccc3OC(F)(F)F)sc21. The average Bonchev–Trinajstić information content (AvgIpc) is 2.83. The average molecular weight is 313 g/mol. The Labute approximate surface area is 122 Å². The second-order valence-corrected chi connectivity index (χ2v) is 5.61. The van der Waals surface area contributed by atoms with Gasteiger partial charge in [0.25, 0.3) is 0 Å². The van der Waals surface area contributed by atoms with Crippen molar-refractivity contribution in [3.8, 4) is 16.3 Å². The highest BCUT2D eigenvalue weighted by Crippen LogP contribution is 2.38. The molecule has 0 radical (unpaired) electrons. The lowest BCUT2D eigenvalue weighted by Crippen LogP contribution is -2.17. The molecule has 110 valence electrons. The number of thiazole rings is 1. The first-order valence-electron chi connectivity index (χ1n) is 6.32. The zero-order valence-electron chi connectivity index (χ0n) is 10.7. The van der Waals surface area contributed by atoms with Gasteiger partial charge in [-0.25, -0.2) is 4.98 Å². The second kappa shape index (κ2) is 5.14. The third kappa shape index (κ3) is 2.92. The van der Waals surface area contributed by atoms with Crippen LogP contribution in [0.25, 0.3) is 10.6 Å². The maximum Gasteiger partial charge on any atom is 0.573 e. The molecule has 0 amide bonds. The summed E-state index contributed by atoms with van der Waals surface area (Å²) >= 11 is 1.13. The third-order valence-corrected chi connectivity index (χ3v) is 4.28. The highest BCUT2D eigenvalue weighted by atomic mass is 32.1. The number of halogens is 3. The number of carbonyl (C=O) groups excluding carboxylic acids is 1. The number of hydrogen-bond donors (Lipinski definition) is 0. The minimum Gasteiger partial charge on any atom is -0.405 e. The molecule has 0 unspecified atom stereocenters. The fraction of sp³-hybridized carbons (Fsp3) is 0.286. The Bertz CT molecular complexity index is 694. The molecule has 1 aliphatic carbocycles. The van der Waals surface area contributed by atoms with Crippen LogP contribution in [-0.2, 0) is 6.42 Å². The first kappa shape index (κ1) is 14.1. The molecule has 7 heteroatoms. The van der Waals surface area contributed by atoms with Crippen molar-refractivity contribution in [2.24, 2.45) is 0 Å². The molecule has 0 fully saturated rings. The number of hydrogen-bond acceptors (Lipinski definition) is 4. The van der Waals surface area contributed by atoms with Crippen LogP contribution in [0.2, 0.25) is 0 Å². The van der Waals surface area contributed by atoms with Crippen molar-refractivity contribution in [1.29, 1.82) is 0 Å². The van der Waals surface area contributed by atoms with E-state index in [0.29, 0.717) is 28.4 Å². The monoisotopic (exact) mass is 313 g/mol. The summed E-state index contributed by atoms with van der Waals surface area (Å²) in [5.41, 5.74) is 0.926. The molecule has 1 aromatic carbocycles. The summed E-state index contributed by atoms with van der Waals surface area (Å²) in [6.45, 7) is 0. The van der Waals surface area contributed by atoms with Gasteiger partial charge in [0.05, 0.1) is 16.1 Å². The standard InChI is InChI=1S/C14H10F3NO2S/c15-14(16,17)20-11-7-2-1-4-8(11)13-18-9-5-3-6-10(19)12(9)21-13/h1-2,4,7H,3,5-6H2. The van der Waals surface area contributed by atoms with Gasteiger partial charge in [0.2, 0.25) is 0 Å². The third-order valence-electron chi connectivity index (χ3n) is 3.11. The maximum atomic E-state index is 12.4. The predicted molar refractivity (Wildman–Crippen MR) is 71.5 cm³/mol. The number of benzene rings is 1. The lowest BCUT2D eigenvalue weighted by atomic mass is 10.0. The van der Waals surface area contributed by atoms with Gasteiger partial charge in [-0.1, -0.05) is 12.1 Å². The summed E-state index contributed by atoms with van der Waals surface area (Å²) in [6.07, 6.45) is -2.88. The summed E-state index contributed by atoms with van der Waals surface area (Å²) in [4.78, 5) is 16.7. The van der Waals surface area contributed by atoms with Crippen LogP contribution in [-0.4, -0.2) is 17.1 Å². The molecule has 21 heavy (non-hydrogen) atoms. The minimum absolute atomic E-state index is 0.00854. The Kier molecular flexibility index (Phi) is 3.44. The molecule has 1 aromatic heterocycles. The summed E-state index contributed by atoms with van der Waals surface area (Å²) in [5, 5.41) is 0.384. The van der Waals surface area contributed by atoms with E-state index < -0.39 is 6.36 Å². The van der Waals surface area contributed by atoms with Gasteiger partial charge >= 0.3 is 6.36 Å². The van der Waals surface area contributed by atoms with Crippen molar-refractivity contribution in [3.05, 3.63) is 34.8 Å². The van der Waals surface area contributed by atoms with Crippen molar-refractivity contribution < 1.29 is 22.7 Å². The van der Waals surface area contributed by atoms with Crippen molar-refractivity contribution >= 4 is 17.1 Å². The van der Waals surface area contributed by atoms with Crippen LogP contribution >= 0.6 is 11.3 Å². The van der Waals surface area contributed by atoms with Crippen LogP contribution in [0.1, 0.15) is 28.2 Å². The molecular weight excluding hydrogens is 303 g/mol. The molecule has 0 atom stereocenters. The Morgan fingerprint density at radius 1 is 1.19 bits per heavy atom. The van der Waals surface area contributed by atoms with E-state index in [4.69, 9.17) is 0 Å². The van der Waals surface area contributed by atoms with Crippen LogP contribution < -0.4 is 4.74 Å². The molecule has 1 heterocycles. The van der Waals surface area contributed by atoms with Gasteiger partial charge in [0, 0.05) is 6.42 Å². The molecule has 0 N–H and O–H groups in total. The van der Waals surface area contributed by atoms with Gasteiger partial charge in [-0.3, -0.25) is 4.79 Å². The molecule has 2 aromatic rings. The number of alkyl halides is 3. The lowest BCUT2D eigenvalue weighted by Gasteiger charge is -2.11. The number of ketones is 1. The van der Waals surface area contributed by atoms with Crippen molar-refractivity contribution in [2.75, 3.05) is 0 Å². The first-order valence-corrected chi connectivity index (χ1v) is 7.14. The molecule has 0 saturated heterocycles. The topological polar surface area (TPSA) is 39.2 Å². The number of para-hydroxylation sites is 1. The Morgan fingerprint density at radius 3 is 2.67 bits per heavy atom. The normalized spacial score (nSPS) is 14.9. The van der Waals surface area contributed by atoms with Gasteiger partial charge in [-0.2, -0.15) is 0 Å². The quantitative estimate of drug-likeness (QED) is 0.833. The van der Waals surface area contributed by atoms with Crippen LogP contribution in [0.15, 0.2) is 24.3 Å². The maximum absolute atomic E-state index is 12.4. The summed E-state index contributed by atoms with van der Waals surface area (Å²) in [6, 6.07) is 5.82. The van der Waals surface area contributed by atoms with Gasteiger partial charge < -0.3 is 4.74 Å².